The number of fused-ring (bicyclic) bond motifs is 1. The summed E-state index contributed by atoms with van der Waals surface area (Å²) in [6, 6.07) is 22.2. The Hall–Kier alpha value is -3.84. The quantitative estimate of drug-likeness (QED) is 0.572. The number of piperazine rings is 1. The lowest BCUT2D eigenvalue weighted by atomic mass is 9.93. The first-order valence-electron chi connectivity index (χ1n) is 12.5. The molecule has 1 saturated heterocycles. The van der Waals surface area contributed by atoms with E-state index in [0.29, 0.717) is 36.6 Å². The number of benzene rings is 3. The summed E-state index contributed by atoms with van der Waals surface area (Å²) in [6.45, 7) is 7.69. The molecule has 3 aromatic rings. The monoisotopic (exact) mass is 484 g/mol. The van der Waals surface area contributed by atoms with Gasteiger partial charge in [0.25, 0.3) is 11.6 Å². The molecule has 0 saturated carbocycles. The molecule has 7 heteroatoms. The third-order valence-corrected chi connectivity index (χ3v) is 7.25. The van der Waals surface area contributed by atoms with Gasteiger partial charge < -0.3 is 20.2 Å². The summed E-state index contributed by atoms with van der Waals surface area (Å²) < 4.78 is 0. The molecule has 36 heavy (non-hydrogen) atoms. The van der Waals surface area contributed by atoms with Gasteiger partial charge in [-0.25, -0.2) is 4.79 Å². The van der Waals surface area contributed by atoms with Crippen LogP contribution in [0.25, 0.3) is 0 Å². The van der Waals surface area contributed by atoms with Crippen molar-refractivity contribution in [3.05, 3.63) is 89.5 Å². The zero-order valence-corrected chi connectivity index (χ0v) is 20.9. The number of anilines is 3. The number of aryl methyl sites for hydroxylation is 2. The molecule has 0 bridgehead atoms. The maximum absolute atomic E-state index is 14.2. The minimum absolute atomic E-state index is 0.0407. The molecule has 7 nitrogen and oxygen atoms in total. The van der Waals surface area contributed by atoms with E-state index < -0.39 is 17.7 Å². The van der Waals surface area contributed by atoms with Crippen molar-refractivity contribution in [2.45, 2.75) is 39.0 Å². The molecule has 0 radical (unpaired) electrons. The van der Waals surface area contributed by atoms with Crippen molar-refractivity contribution in [3.63, 3.8) is 0 Å². The molecule has 2 N–H and O–H groups in total. The number of carbonyl (C=O) groups excluding carboxylic acids is 2. The zero-order valence-electron chi connectivity index (χ0n) is 20.9. The minimum atomic E-state index is -2.17. The lowest BCUT2D eigenvalue weighted by molar-refractivity contribution is -0.152. The maximum Gasteiger partial charge on any atom is 0.329 e. The second kappa shape index (κ2) is 9.32. The molecule has 186 valence electrons. The van der Waals surface area contributed by atoms with Crippen LogP contribution in [0.15, 0.2) is 72.8 Å². The highest BCUT2D eigenvalue weighted by molar-refractivity contribution is 6.11. The van der Waals surface area contributed by atoms with Crippen molar-refractivity contribution in [3.8, 4) is 0 Å². The van der Waals surface area contributed by atoms with Crippen molar-refractivity contribution >= 4 is 29.0 Å². The van der Waals surface area contributed by atoms with Gasteiger partial charge in [-0.2, -0.15) is 0 Å². The fraction of sp³-hybridized carbons (Fsp3) is 0.310. The summed E-state index contributed by atoms with van der Waals surface area (Å²) in [7, 11) is 0. The molecule has 5 rings (SSSR count). The number of urea groups is 1. The number of nitrogens with one attached hydrogen (secondary N) is 1. The fourth-order valence-corrected chi connectivity index (χ4v) is 5.21. The SMILES string of the molecule is CCc1ccc(N2C(=O)Nc3ccccc3[C@@]2(O)C(=O)N2CCN(c3ccc(C)cc3)[C@H](C)C2)cc1. The molecular formula is C29H32N4O3. The molecule has 2 aliphatic rings. The summed E-state index contributed by atoms with van der Waals surface area (Å²) in [6.07, 6.45) is 0.849. The summed E-state index contributed by atoms with van der Waals surface area (Å²) in [5.41, 5.74) is 2.50. The van der Waals surface area contributed by atoms with Gasteiger partial charge in [0.1, 0.15) is 0 Å². The van der Waals surface area contributed by atoms with Crippen LogP contribution >= 0.6 is 0 Å². The third-order valence-electron chi connectivity index (χ3n) is 7.25. The molecule has 0 aliphatic carbocycles. The van der Waals surface area contributed by atoms with Gasteiger partial charge in [0.05, 0.1) is 5.69 Å². The number of para-hydroxylation sites is 1. The zero-order chi connectivity index (χ0) is 25.4. The van der Waals surface area contributed by atoms with E-state index in [0.717, 1.165) is 17.7 Å². The summed E-state index contributed by atoms with van der Waals surface area (Å²) in [5.74, 6) is -0.500. The lowest BCUT2D eigenvalue weighted by Crippen LogP contribution is -2.66. The molecule has 2 heterocycles. The highest BCUT2D eigenvalue weighted by Gasteiger charge is 2.54. The number of hydrogen-bond donors (Lipinski definition) is 2. The Morgan fingerprint density at radius 3 is 2.33 bits per heavy atom. The minimum Gasteiger partial charge on any atom is -0.365 e. The second-order valence-electron chi connectivity index (χ2n) is 9.63. The van der Waals surface area contributed by atoms with Gasteiger partial charge in [0.15, 0.2) is 0 Å². The van der Waals surface area contributed by atoms with E-state index in [-0.39, 0.29) is 6.04 Å². The number of rotatable bonds is 4. The highest BCUT2D eigenvalue weighted by Crippen LogP contribution is 2.41. The largest absolute Gasteiger partial charge is 0.365 e. The van der Waals surface area contributed by atoms with Crippen LogP contribution in [0.5, 0.6) is 0 Å². The van der Waals surface area contributed by atoms with E-state index in [2.05, 4.69) is 55.3 Å². The smallest absolute Gasteiger partial charge is 0.329 e. The number of amides is 3. The number of hydrogen-bond acceptors (Lipinski definition) is 4. The predicted molar refractivity (Wildman–Crippen MR) is 142 cm³/mol. The second-order valence-corrected chi connectivity index (χ2v) is 9.63. The average molecular weight is 485 g/mol. The van der Waals surface area contributed by atoms with Crippen LogP contribution in [0.4, 0.5) is 21.9 Å². The molecule has 0 aromatic heterocycles. The van der Waals surface area contributed by atoms with E-state index in [4.69, 9.17) is 0 Å². The molecule has 0 spiro atoms. The molecule has 1 fully saturated rings. The van der Waals surface area contributed by atoms with Gasteiger partial charge in [-0.15, -0.1) is 0 Å². The first-order valence-corrected chi connectivity index (χ1v) is 12.5. The van der Waals surface area contributed by atoms with Crippen LogP contribution in [0.2, 0.25) is 0 Å². The lowest BCUT2D eigenvalue weighted by Gasteiger charge is -2.47. The standard InChI is InChI=1S/C29H32N4O3/c1-4-22-11-15-24(16-12-22)33-28(35)30-26-8-6-5-7-25(26)29(33,36)27(34)31-17-18-32(21(3)19-31)23-13-9-20(2)10-14-23/h5-16,21,36H,4,17-19H2,1-3H3,(H,30,35)/t21-,29-/m1/s1. The van der Waals surface area contributed by atoms with Gasteiger partial charge in [-0.05, 0) is 56.2 Å². The highest BCUT2D eigenvalue weighted by atomic mass is 16.3. The van der Waals surface area contributed by atoms with Crippen LogP contribution in [0, 0.1) is 6.92 Å². The van der Waals surface area contributed by atoms with Crippen molar-refractivity contribution in [1.82, 2.24) is 4.90 Å². The van der Waals surface area contributed by atoms with Crippen LogP contribution in [0.1, 0.15) is 30.5 Å². The van der Waals surface area contributed by atoms with Gasteiger partial charge in [-0.1, -0.05) is 55.0 Å². The van der Waals surface area contributed by atoms with E-state index in [1.54, 1.807) is 41.3 Å². The van der Waals surface area contributed by atoms with E-state index in [1.165, 1.54) is 10.5 Å². The summed E-state index contributed by atoms with van der Waals surface area (Å²) >= 11 is 0. The number of nitrogens with zero attached hydrogens (tertiary/aromatic N) is 3. The Morgan fingerprint density at radius 2 is 1.67 bits per heavy atom. The maximum atomic E-state index is 14.2. The van der Waals surface area contributed by atoms with Crippen molar-refractivity contribution in [2.75, 3.05) is 34.8 Å². The topological polar surface area (TPSA) is 76.1 Å². The van der Waals surface area contributed by atoms with Crippen LogP contribution in [-0.2, 0) is 16.9 Å². The fourth-order valence-electron chi connectivity index (χ4n) is 5.21. The van der Waals surface area contributed by atoms with E-state index in [1.807, 2.05) is 12.1 Å². The van der Waals surface area contributed by atoms with Crippen molar-refractivity contribution in [1.29, 1.82) is 0 Å². The van der Waals surface area contributed by atoms with Crippen LogP contribution in [0.3, 0.4) is 0 Å². The van der Waals surface area contributed by atoms with Crippen LogP contribution in [-0.4, -0.2) is 47.6 Å². The number of carbonyl (C=O) groups is 2. The molecule has 2 atom stereocenters. The Morgan fingerprint density at radius 1 is 1.00 bits per heavy atom. The third kappa shape index (κ3) is 3.99. The summed E-state index contributed by atoms with van der Waals surface area (Å²) in [5, 5.41) is 15.1. The molecular weight excluding hydrogens is 452 g/mol. The average Bonchev–Trinajstić information content (AvgIpc) is 2.89. The van der Waals surface area contributed by atoms with Gasteiger partial charge in [0, 0.05) is 42.6 Å². The molecule has 3 aromatic carbocycles. The Labute approximate surface area is 211 Å². The predicted octanol–water partition coefficient (Wildman–Crippen LogP) is 4.49. The first-order chi connectivity index (χ1) is 17.3. The Kier molecular flexibility index (Phi) is 6.18. The molecule has 3 amide bonds. The van der Waals surface area contributed by atoms with Crippen molar-refractivity contribution < 1.29 is 14.7 Å². The Bertz CT molecular complexity index is 1270. The number of aliphatic hydroxyl groups is 1. The summed E-state index contributed by atoms with van der Waals surface area (Å²) in [4.78, 5) is 32.6. The van der Waals surface area contributed by atoms with Gasteiger partial charge in [-0.3, -0.25) is 9.69 Å². The molecule has 2 aliphatic heterocycles. The normalized spacial score (nSPS) is 21.7. The van der Waals surface area contributed by atoms with E-state index >= 15 is 0 Å². The molecule has 0 unspecified atom stereocenters. The first kappa shape index (κ1) is 23.9. The van der Waals surface area contributed by atoms with Gasteiger partial charge in [0.2, 0.25) is 0 Å². The van der Waals surface area contributed by atoms with Crippen molar-refractivity contribution in [2.24, 2.45) is 0 Å². The Balaban J connectivity index is 1.50. The van der Waals surface area contributed by atoms with E-state index in [9.17, 15) is 14.7 Å². The van der Waals surface area contributed by atoms with Gasteiger partial charge >= 0.3 is 6.03 Å². The van der Waals surface area contributed by atoms with Crippen LogP contribution < -0.4 is 15.1 Å².